The molecule has 0 fully saturated rings. The molecule has 0 saturated heterocycles. The molecule has 0 aliphatic rings. The third kappa shape index (κ3) is 13.1. The number of hydrogen-bond acceptors (Lipinski definition) is 8. The Labute approximate surface area is 290 Å². The van der Waals surface area contributed by atoms with Crippen LogP contribution in [0.5, 0.6) is 0 Å². The summed E-state index contributed by atoms with van der Waals surface area (Å²) in [5.41, 5.74) is 3.04. The summed E-state index contributed by atoms with van der Waals surface area (Å²) in [6.45, 7) is 1.07. The number of nitrogens with zero attached hydrogens (tertiary/aromatic N) is 2. The van der Waals surface area contributed by atoms with Gasteiger partial charge >= 0.3 is 0 Å². The Kier molecular flexibility index (Phi) is 15.9. The summed E-state index contributed by atoms with van der Waals surface area (Å²) in [5.74, 6) is 0.118. The van der Waals surface area contributed by atoms with Gasteiger partial charge in [0, 0.05) is 73.4 Å². The van der Waals surface area contributed by atoms with E-state index in [1.807, 2.05) is 60.7 Å². The van der Waals surface area contributed by atoms with Crippen LogP contribution in [0.4, 0.5) is 0 Å². The van der Waals surface area contributed by atoms with E-state index in [1.165, 1.54) is 21.6 Å². The minimum Gasteiger partial charge on any atom is -0.352 e. The van der Waals surface area contributed by atoms with Crippen LogP contribution in [0.1, 0.15) is 83.2 Å². The van der Waals surface area contributed by atoms with Crippen molar-refractivity contribution in [2.75, 3.05) is 13.1 Å². The van der Waals surface area contributed by atoms with E-state index in [0.717, 1.165) is 59.4 Å². The number of hydrogen-bond donors (Lipinski definition) is 2. The van der Waals surface area contributed by atoms with E-state index in [1.54, 1.807) is 36.9 Å². The van der Waals surface area contributed by atoms with Crippen molar-refractivity contribution in [2.45, 2.75) is 74.0 Å². The van der Waals surface area contributed by atoms with Gasteiger partial charge in [0.15, 0.2) is 0 Å². The lowest BCUT2D eigenvalue weighted by atomic mass is 10.1. The first-order chi connectivity index (χ1) is 23.5. The van der Waals surface area contributed by atoms with E-state index >= 15 is 0 Å². The summed E-state index contributed by atoms with van der Waals surface area (Å²) in [6.07, 6.45) is 13.6. The molecule has 0 unspecified atom stereocenters. The van der Waals surface area contributed by atoms with Crippen LogP contribution >= 0.6 is 21.6 Å². The van der Waals surface area contributed by atoms with Crippen molar-refractivity contribution >= 4 is 45.0 Å². The monoisotopic (exact) mass is 682 g/mol. The zero-order valence-corrected chi connectivity index (χ0v) is 28.7. The van der Waals surface area contributed by atoms with E-state index < -0.39 is 0 Å². The molecule has 8 nitrogen and oxygen atoms in total. The molecule has 0 aliphatic carbocycles. The Morgan fingerprint density at radius 3 is 1.38 bits per heavy atom. The number of amides is 2. The van der Waals surface area contributed by atoms with E-state index in [2.05, 4.69) is 20.6 Å². The van der Waals surface area contributed by atoms with Crippen molar-refractivity contribution in [3.8, 4) is 0 Å². The maximum Gasteiger partial charge on any atom is 0.252 e. The fourth-order valence-electron chi connectivity index (χ4n) is 5.02. The molecule has 2 aromatic heterocycles. The number of carbonyl (C=O) groups excluding carboxylic acids is 4. The Balaban J connectivity index is 1.15. The van der Waals surface area contributed by atoms with Gasteiger partial charge in [-0.25, -0.2) is 0 Å². The number of unbranched alkanes of at least 4 members (excludes halogenated alkanes) is 4. The van der Waals surface area contributed by atoms with Crippen LogP contribution in [0.2, 0.25) is 0 Å². The van der Waals surface area contributed by atoms with Gasteiger partial charge in [0.1, 0.15) is 11.6 Å². The maximum atomic E-state index is 13.0. The first-order valence-corrected chi connectivity index (χ1v) is 18.5. The summed E-state index contributed by atoms with van der Waals surface area (Å²) in [7, 11) is 2.89. The number of Topliss-reactive ketones (excluding diaryl/α,β-unsaturated/α-hetero) is 2. The minimum absolute atomic E-state index is 0.142. The van der Waals surface area contributed by atoms with E-state index in [-0.39, 0.29) is 23.4 Å². The molecule has 0 radical (unpaired) electrons. The lowest BCUT2D eigenvalue weighted by Crippen LogP contribution is -2.25. The van der Waals surface area contributed by atoms with E-state index in [4.69, 9.17) is 0 Å². The standard InChI is InChI=1S/C38H42N4O4S2/c43-31(25-29-13-11-21-39-27-29)15-3-1-9-23-41-37(45)33-17-5-7-19-35(33)47-48-36-20-8-6-18-34(36)38(46)42-24-10-2-4-16-32(44)26-30-14-12-22-40-28-30/h5-8,11-14,17-22,27-28H,1-4,9-10,15-16,23-26H2,(H,41,45)(H,42,46). The SMILES string of the molecule is O=C(CCCCCNC(=O)c1ccccc1SSc1ccccc1C(=O)NCCCCCC(=O)Cc1cccnc1)Cc1cccnc1. The van der Waals surface area contributed by atoms with Crippen molar-refractivity contribution in [1.82, 2.24) is 20.6 Å². The Morgan fingerprint density at radius 2 is 0.958 bits per heavy atom. The van der Waals surface area contributed by atoms with Crippen molar-refractivity contribution in [3.05, 3.63) is 120 Å². The molecule has 10 heteroatoms. The Bertz CT molecular complexity index is 1500. The number of carbonyl (C=O) groups is 4. The highest BCUT2D eigenvalue weighted by molar-refractivity contribution is 8.76. The first kappa shape index (κ1) is 36.6. The van der Waals surface area contributed by atoms with Gasteiger partial charge in [-0.2, -0.15) is 0 Å². The second-order valence-electron chi connectivity index (χ2n) is 11.4. The van der Waals surface area contributed by atoms with Gasteiger partial charge in [0.05, 0.1) is 11.1 Å². The first-order valence-electron chi connectivity index (χ1n) is 16.4. The molecule has 2 amide bonds. The second kappa shape index (κ2) is 20.8. The molecule has 250 valence electrons. The van der Waals surface area contributed by atoms with Crippen molar-refractivity contribution in [3.63, 3.8) is 0 Å². The highest BCUT2D eigenvalue weighted by Gasteiger charge is 2.15. The molecule has 2 aromatic carbocycles. The largest absolute Gasteiger partial charge is 0.352 e. The van der Waals surface area contributed by atoms with Crippen LogP contribution in [0.25, 0.3) is 0 Å². The maximum absolute atomic E-state index is 13.0. The third-order valence-electron chi connectivity index (χ3n) is 7.57. The molecule has 2 N–H and O–H groups in total. The average molecular weight is 683 g/mol. The smallest absolute Gasteiger partial charge is 0.252 e. The van der Waals surface area contributed by atoms with Crippen LogP contribution in [-0.4, -0.2) is 46.4 Å². The number of ketones is 2. The van der Waals surface area contributed by atoms with Gasteiger partial charge in [-0.1, -0.05) is 70.8 Å². The van der Waals surface area contributed by atoms with Gasteiger partial charge in [-0.15, -0.1) is 0 Å². The molecule has 48 heavy (non-hydrogen) atoms. The molecule has 2 heterocycles. The summed E-state index contributed by atoms with van der Waals surface area (Å²) in [6, 6.07) is 22.4. The third-order valence-corrected chi connectivity index (χ3v) is 10.1. The van der Waals surface area contributed by atoms with Gasteiger partial charge < -0.3 is 10.6 Å². The van der Waals surface area contributed by atoms with E-state index in [9.17, 15) is 19.2 Å². The van der Waals surface area contributed by atoms with E-state index in [0.29, 0.717) is 49.9 Å². The molecule has 0 saturated carbocycles. The summed E-state index contributed by atoms with van der Waals surface area (Å²) < 4.78 is 0. The van der Waals surface area contributed by atoms with Crippen molar-refractivity contribution in [1.29, 1.82) is 0 Å². The Morgan fingerprint density at radius 1 is 0.521 bits per heavy atom. The highest BCUT2D eigenvalue weighted by atomic mass is 33.1. The van der Waals surface area contributed by atoms with Gasteiger partial charge in [0.25, 0.3) is 11.8 Å². The van der Waals surface area contributed by atoms with Crippen LogP contribution in [0, 0.1) is 0 Å². The Hall–Kier alpha value is -4.28. The van der Waals surface area contributed by atoms with Crippen LogP contribution in [-0.2, 0) is 22.4 Å². The summed E-state index contributed by atoms with van der Waals surface area (Å²) in [5, 5.41) is 6.02. The normalized spacial score (nSPS) is 10.8. The average Bonchev–Trinajstić information content (AvgIpc) is 3.11. The number of pyridine rings is 2. The highest BCUT2D eigenvalue weighted by Crippen LogP contribution is 2.40. The molecule has 0 atom stereocenters. The molecule has 0 spiro atoms. The van der Waals surface area contributed by atoms with Crippen LogP contribution in [0.15, 0.2) is 107 Å². The van der Waals surface area contributed by atoms with Gasteiger partial charge in [-0.3, -0.25) is 29.1 Å². The zero-order valence-electron chi connectivity index (χ0n) is 27.1. The topological polar surface area (TPSA) is 118 Å². The lowest BCUT2D eigenvalue weighted by Gasteiger charge is -2.12. The number of rotatable bonds is 21. The minimum atomic E-state index is -0.142. The fourth-order valence-corrected chi connectivity index (χ4v) is 7.38. The lowest BCUT2D eigenvalue weighted by molar-refractivity contribution is -0.119. The quantitative estimate of drug-likeness (QED) is 0.0686. The number of benzene rings is 2. The zero-order chi connectivity index (χ0) is 33.8. The molecular formula is C38H42N4O4S2. The predicted octanol–water partition coefficient (Wildman–Crippen LogP) is 7.48. The summed E-state index contributed by atoms with van der Waals surface area (Å²) >= 11 is 0. The number of aromatic nitrogens is 2. The molecule has 0 bridgehead atoms. The molecular weight excluding hydrogens is 641 g/mol. The second-order valence-corrected chi connectivity index (χ2v) is 13.7. The van der Waals surface area contributed by atoms with Gasteiger partial charge in [-0.05, 0) is 73.2 Å². The van der Waals surface area contributed by atoms with Gasteiger partial charge in [0.2, 0.25) is 0 Å². The van der Waals surface area contributed by atoms with Crippen LogP contribution < -0.4 is 10.6 Å². The van der Waals surface area contributed by atoms with Crippen molar-refractivity contribution < 1.29 is 19.2 Å². The van der Waals surface area contributed by atoms with Crippen molar-refractivity contribution in [2.24, 2.45) is 0 Å². The summed E-state index contributed by atoms with van der Waals surface area (Å²) in [4.78, 5) is 60.2. The molecule has 4 aromatic rings. The fraction of sp³-hybridized carbons (Fsp3) is 0.316. The molecule has 0 aliphatic heterocycles. The number of nitrogens with one attached hydrogen (secondary N) is 2. The predicted molar refractivity (Wildman–Crippen MR) is 192 cm³/mol. The van der Waals surface area contributed by atoms with Crippen LogP contribution in [0.3, 0.4) is 0 Å². The molecule has 4 rings (SSSR count).